The minimum Gasteiger partial charge on any atom is -0.477 e. The highest BCUT2D eigenvalue weighted by Gasteiger charge is 2.05. The Labute approximate surface area is 85.9 Å². The quantitative estimate of drug-likeness (QED) is 0.786. The highest BCUT2D eigenvalue weighted by Crippen LogP contribution is 2.06. The number of amides is 1. The van der Waals surface area contributed by atoms with Crippen molar-refractivity contribution in [1.29, 1.82) is 0 Å². The van der Waals surface area contributed by atoms with Crippen LogP contribution < -0.4 is 5.32 Å². The van der Waals surface area contributed by atoms with E-state index in [-0.39, 0.29) is 12.3 Å². The van der Waals surface area contributed by atoms with Crippen molar-refractivity contribution in [2.24, 2.45) is 0 Å². The van der Waals surface area contributed by atoms with E-state index >= 15 is 0 Å². The van der Waals surface area contributed by atoms with Crippen molar-refractivity contribution >= 4 is 17.7 Å². The fourth-order valence-electron chi connectivity index (χ4n) is 0.879. The maximum absolute atomic E-state index is 11.0. The van der Waals surface area contributed by atoms with Gasteiger partial charge in [-0.1, -0.05) is 0 Å². The number of ether oxygens (including phenoxy) is 1. The number of carbonyl (C=O) groups is 2. The number of nitrogens with one attached hydrogen (secondary N) is 1. The second-order valence-electron chi connectivity index (χ2n) is 2.58. The molecule has 2 N–H and O–H groups in total. The first kappa shape index (κ1) is 11.0. The lowest BCUT2D eigenvalue weighted by molar-refractivity contribution is 0.0690. The Morgan fingerprint density at radius 2 is 2.27 bits per heavy atom. The zero-order chi connectivity index (χ0) is 11.3. The predicted octanol–water partition coefficient (Wildman–Crippen LogP) is 1.35. The summed E-state index contributed by atoms with van der Waals surface area (Å²) in [6.45, 7) is 1.96. The SMILES string of the molecule is CCOC(=O)Nc1ccc(C(=O)O)nc1. The molecule has 1 rings (SSSR count). The van der Waals surface area contributed by atoms with Gasteiger partial charge in [0.05, 0.1) is 18.5 Å². The van der Waals surface area contributed by atoms with Gasteiger partial charge >= 0.3 is 12.1 Å². The molecule has 0 aliphatic heterocycles. The number of carboxylic acid groups (broad SMARTS) is 1. The molecule has 0 saturated heterocycles. The minimum absolute atomic E-state index is 0.0793. The molecule has 1 heterocycles. The molecule has 0 spiro atoms. The Hall–Kier alpha value is -2.11. The van der Waals surface area contributed by atoms with E-state index in [1.165, 1.54) is 18.3 Å². The number of carbonyl (C=O) groups excluding carboxylic acids is 1. The van der Waals surface area contributed by atoms with Gasteiger partial charge in [0.1, 0.15) is 5.69 Å². The molecular weight excluding hydrogens is 200 g/mol. The fourth-order valence-corrected chi connectivity index (χ4v) is 0.879. The van der Waals surface area contributed by atoms with Crippen LogP contribution in [0.4, 0.5) is 10.5 Å². The van der Waals surface area contributed by atoms with E-state index in [1.54, 1.807) is 6.92 Å². The van der Waals surface area contributed by atoms with Crippen molar-refractivity contribution < 1.29 is 19.4 Å². The Morgan fingerprint density at radius 3 is 2.73 bits per heavy atom. The van der Waals surface area contributed by atoms with Gasteiger partial charge in [-0.2, -0.15) is 0 Å². The molecule has 0 saturated carbocycles. The summed E-state index contributed by atoms with van der Waals surface area (Å²) in [7, 11) is 0. The highest BCUT2D eigenvalue weighted by molar-refractivity contribution is 5.87. The van der Waals surface area contributed by atoms with Crippen molar-refractivity contribution in [2.75, 3.05) is 11.9 Å². The second kappa shape index (κ2) is 4.94. The van der Waals surface area contributed by atoms with Gasteiger partial charge in [-0.25, -0.2) is 14.6 Å². The number of hydrogen-bond acceptors (Lipinski definition) is 4. The molecule has 6 heteroatoms. The van der Waals surface area contributed by atoms with Crippen LogP contribution in [0.2, 0.25) is 0 Å². The van der Waals surface area contributed by atoms with Crippen LogP contribution in [0.5, 0.6) is 0 Å². The molecule has 1 amide bonds. The smallest absolute Gasteiger partial charge is 0.411 e. The summed E-state index contributed by atoms with van der Waals surface area (Å²) < 4.78 is 4.63. The topological polar surface area (TPSA) is 88.5 Å². The normalized spacial score (nSPS) is 9.40. The average molecular weight is 210 g/mol. The summed E-state index contributed by atoms with van der Waals surface area (Å²) in [6, 6.07) is 2.73. The summed E-state index contributed by atoms with van der Waals surface area (Å²) in [5.41, 5.74) is 0.308. The first-order chi connectivity index (χ1) is 7.13. The standard InChI is InChI=1S/C9H10N2O4/c1-2-15-9(14)11-6-3-4-7(8(12)13)10-5-6/h3-5H,2H2,1H3,(H,11,14)(H,12,13). The first-order valence-corrected chi connectivity index (χ1v) is 4.26. The molecule has 80 valence electrons. The third-order valence-corrected chi connectivity index (χ3v) is 1.50. The number of hydrogen-bond donors (Lipinski definition) is 2. The lowest BCUT2D eigenvalue weighted by Crippen LogP contribution is -2.13. The monoisotopic (exact) mass is 210 g/mol. The van der Waals surface area contributed by atoms with Gasteiger partial charge in [-0.05, 0) is 19.1 Å². The van der Waals surface area contributed by atoms with Crippen LogP contribution in [0.1, 0.15) is 17.4 Å². The van der Waals surface area contributed by atoms with Crippen LogP contribution in [0.15, 0.2) is 18.3 Å². The molecule has 0 aliphatic carbocycles. The maximum atomic E-state index is 11.0. The minimum atomic E-state index is -1.11. The van der Waals surface area contributed by atoms with Gasteiger partial charge in [0, 0.05) is 0 Å². The first-order valence-electron chi connectivity index (χ1n) is 4.26. The number of carboxylic acids is 1. The molecule has 1 aromatic heterocycles. The molecule has 0 unspecified atom stereocenters. The molecular formula is C9H10N2O4. The van der Waals surface area contributed by atoms with Crippen molar-refractivity contribution in [3.05, 3.63) is 24.0 Å². The van der Waals surface area contributed by atoms with Crippen molar-refractivity contribution in [2.45, 2.75) is 6.92 Å². The van der Waals surface area contributed by atoms with Gasteiger partial charge in [-0.15, -0.1) is 0 Å². The van der Waals surface area contributed by atoms with E-state index in [0.717, 1.165) is 0 Å². The molecule has 0 bridgehead atoms. The number of pyridine rings is 1. The molecule has 0 atom stereocenters. The number of aromatic carboxylic acids is 1. The van der Waals surface area contributed by atoms with Crippen LogP contribution >= 0.6 is 0 Å². The fraction of sp³-hybridized carbons (Fsp3) is 0.222. The Morgan fingerprint density at radius 1 is 1.53 bits per heavy atom. The maximum Gasteiger partial charge on any atom is 0.411 e. The van der Waals surface area contributed by atoms with Crippen LogP contribution in [-0.2, 0) is 4.74 Å². The van der Waals surface area contributed by atoms with Crippen LogP contribution in [0, 0.1) is 0 Å². The van der Waals surface area contributed by atoms with Gasteiger partial charge in [0.2, 0.25) is 0 Å². The molecule has 1 aromatic rings. The van der Waals surface area contributed by atoms with E-state index in [0.29, 0.717) is 5.69 Å². The van der Waals surface area contributed by atoms with Gasteiger partial charge < -0.3 is 9.84 Å². The van der Waals surface area contributed by atoms with Gasteiger partial charge in [-0.3, -0.25) is 5.32 Å². The molecule has 0 fully saturated rings. The molecule has 0 aliphatic rings. The van der Waals surface area contributed by atoms with Crippen LogP contribution in [0.3, 0.4) is 0 Å². The average Bonchev–Trinajstić information content (AvgIpc) is 2.18. The predicted molar refractivity (Wildman–Crippen MR) is 51.8 cm³/mol. The lowest BCUT2D eigenvalue weighted by atomic mass is 10.3. The van der Waals surface area contributed by atoms with E-state index in [4.69, 9.17) is 5.11 Å². The lowest BCUT2D eigenvalue weighted by Gasteiger charge is -2.04. The Balaban J connectivity index is 2.64. The second-order valence-corrected chi connectivity index (χ2v) is 2.58. The third-order valence-electron chi connectivity index (χ3n) is 1.50. The summed E-state index contributed by atoms with van der Waals surface area (Å²) in [5.74, 6) is -1.11. The summed E-state index contributed by atoms with van der Waals surface area (Å²) in [4.78, 5) is 25.0. The van der Waals surface area contributed by atoms with E-state index in [2.05, 4.69) is 15.0 Å². The van der Waals surface area contributed by atoms with Crippen molar-refractivity contribution in [3.63, 3.8) is 0 Å². The molecule has 0 radical (unpaired) electrons. The van der Waals surface area contributed by atoms with Gasteiger partial charge in [0.15, 0.2) is 0 Å². The molecule has 15 heavy (non-hydrogen) atoms. The van der Waals surface area contributed by atoms with Crippen LogP contribution in [-0.4, -0.2) is 28.8 Å². The van der Waals surface area contributed by atoms with E-state index in [9.17, 15) is 9.59 Å². The van der Waals surface area contributed by atoms with E-state index < -0.39 is 12.1 Å². The molecule has 0 aromatic carbocycles. The number of rotatable bonds is 3. The summed E-state index contributed by atoms with van der Waals surface area (Å²) in [6.07, 6.45) is 0.655. The molecule has 6 nitrogen and oxygen atoms in total. The largest absolute Gasteiger partial charge is 0.477 e. The van der Waals surface area contributed by atoms with Crippen LogP contribution in [0.25, 0.3) is 0 Å². The highest BCUT2D eigenvalue weighted by atomic mass is 16.5. The Kier molecular flexibility index (Phi) is 3.61. The number of nitrogens with zero attached hydrogens (tertiary/aromatic N) is 1. The van der Waals surface area contributed by atoms with Crippen molar-refractivity contribution in [3.8, 4) is 0 Å². The van der Waals surface area contributed by atoms with E-state index in [1.807, 2.05) is 0 Å². The number of anilines is 1. The summed E-state index contributed by atoms with van der Waals surface area (Å²) >= 11 is 0. The third kappa shape index (κ3) is 3.26. The van der Waals surface area contributed by atoms with Crippen molar-refractivity contribution in [1.82, 2.24) is 4.98 Å². The zero-order valence-corrected chi connectivity index (χ0v) is 8.06. The summed E-state index contributed by atoms with van der Waals surface area (Å²) in [5, 5.41) is 11.0. The zero-order valence-electron chi connectivity index (χ0n) is 8.06. The Bertz CT molecular complexity index is 361. The number of aromatic nitrogens is 1. The van der Waals surface area contributed by atoms with Gasteiger partial charge in [0.25, 0.3) is 0 Å².